The molecule has 1 aromatic carbocycles. The van der Waals surface area contributed by atoms with Gasteiger partial charge in [0.15, 0.2) is 6.29 Å². The predicted molar refractivity (Wildman–Crippen MR) is 76.8 cm³/mol. The topological polar surface area (TPSA) is 44.1 Å². The molecule has 96 valence electrons. The largest absolute Gasteiger partial charge is 0.370 e. The molecule has 0 atom stereocenters. The Morgan fingerprint density at radius 3 is 2.72 bits per heavy atom. The molecule has 3 nitrogen and oxygen atoms in total. The van der Waals surface area contributed by atoms with Gasteiger partial charge in [-0.25, -0.2) is 0 Å². The smallest absolute Gasteiger partial charge is 0.151 e. The number of carbonyl (C=O) groups excluding carboxylic acids is 1. The van der Waals surface area contributed by atoms with Crippen LogP contribution >= 0.6 is 15.9 Å². The highest BCUT2D eigenvalue weighted by atomic mass is 79.9. The second-order valence-electron chi connectivity index (χ2n) is 4.57. The molecule has 0 aliphatic carbocycles. The van der Waals surface area contributed by atoms with E-state index < -0.39 is 0 Å². The zero-order valence-corrected chi connectivity index (χ0v) is 12.3. The second-order valence-corrected chi connectivity index (χ2v) is 5.43. The molecule has 18 heavy (non-hydrogen) atoms. The third-order valence-electron chi connectivity index (χ3n) is 2.56. The summed E-state index contributed by atoms with van der Waals surface area (Å²) in [5.41, 5.74) is 1.68. The lowest BCUT2D eigenvalue weighted by Gasteiger charge is -2.26. The van der Waals surface area contributed by atoms with E-state index in [4.69, 9.17) is 5.26 Å². The third-order valence-corrected chi connectivity index (χ3v) is 3.24. The van der Waals surface area contributed by atoms with Gasteiger partial charge < -0.3 is 4.90 Å². The standard InChI is InChI=1S/C14H17BrN2O/c1-11(2)9-17(7-3-6-16)13-5-4-12(10-18)14(15)8-13/h4-5,8,10-11H,3,7,9H2,1-2H3. The number of halogens is 1. The Hall–Kier alpha value is -1.34. The van der Waals surface area contributed by atoms with Gasteiger partial charge in [0.2, 0.25) is 0 Å². The van der Waals surface area contributed by atoms with Gasteiger partial charge >= 0.3 is 0 Å². The van der Waals surface area contributed by atoms with E-state index >= 15 is 0 Å². The van der Waals surface area contributed by atoms with E-state index in [0.717, 1.165) is 23.0 Å². The molecule has 0 aliphatic heterocycles. The lowest BCUT2D eigenvalue weighted by molar-refractivity contribution is 0.112. The minimum Gasteiger partial charge on any atom is -0.370 e. The fourth-order valence-corrected chi connectivity index (χ4v) is 2.22. The first-order valence-electron chi connectivity index (χ1n) is 5.95. The van der Waals surface area contributed by atoms with Crippen molar-refractivity contribution in [3.05, 3.63) is 28.2 Å². The maximum absolute atomic E-state index is 10.8. The number of carbonyl (C=O) groups is 1. The Morgan fingerprint density at radius 2 is 2.22 bits per heavy atom. The van der Waals surface area contributed by atoms with E-state index in [0.29, 0.717) is 24.4 Å². The molecule has 0 unspecified atom stereocenters. The molecule has 0 saturated carbocycles. The summed E-state index contributed by atoms with van der Waals surface area (Å²) in [5, 5.41) is 8.70. The van der Waals surface area contributed by atoms with Gasteiger partial charge in [-0.05, 0) is 40.0 Å². The second kappa shape index (κ2) is 7.17. The summed E-state index contributed by atoms with van der Waals surface area (Å²) in [7, 11) is 0. The van der Waals surface area contributed by atoms with Crippen molar-refractivity contribution >= 4 is 27.9 Å². The van der Waals surface area contributed by atoms with Crippen LogP contribution < -0.4 is 4.90 Å². The number of benzene rings is 1. The van der Waals surface area contributed by atoms with Crippen LogP contribution in [-0.4, -0.2) is 19.4 Å². The van der Waals surface area contributed by atoms with Crippen molar-refractivity contribution in [2.45, 2.75) is 20.3 Å². The van der Waals surface area contributed by atoms with Gasteiger partial charge in [0, 0.05) is 28.8 Å². The number of nitriles is 1. The Bertz CT molecular complexity index is 452. The normalized spacial score (nSPS) is 10.2. The SMILES string of the molecule is CC(C)CN(CCC#N)c1ccc(C=O)c(Br)c1. The van der Waals surface area contributed by atoms with Crippen LogP contribution in [0.3, 0.4) is 0 Å². The van der Waals surface area contributed by atoms with Crippen molar-refractivity contribution in [1.82, 2.24) is 0 Å². The van der Waals surface area contributed by atoms with Crippen LogP contribution in [0.15, 0.2) is 22.7 Å². The Balaban J connectivity index is 2.93. The predicted octanol–water partition coefficient (Wildman–Crippen LogP) is 3.64. The maximum atomic E-state index is 10.8. The number of hydrogen-bond acceptors (Lipinski definition) is 3. The van der Waals surface area contributed by atoms with Crippen LogP contribution in [0.1, 0.15) is 30.6 Å². The first kappa shape index (κ1) is 14.7. The van der Waals surface area contributed by atoms with Crippen molar-refractivity contribution in [3.8, 4) is 6.07 Å². The molecule has 0 fully saturated rings. The number of rotatable bonds is 6. The highest BCUT2D eigenvalue weighted by Gasteiger charge is 2.10. The lowest BCUT2D eigenvalue weighted by atomic mass is 10.1. The minimum atomic E-state index is 0.500. The average Bonchev–Trinajstić information content (AvgIpc) is 2.34. The van der Waals surface area contributed by atoms with Gasteiger partial charge in [0.05, 0.1) is 12.5 Å². The summed E-state index contributed by atoms with van der Waals surface area (Å²) in [5.74, 6) is 0.521. The van der Waals surface area contributed by atoms with Crippen molar-refractivity contribution in [3.63, 3.8) is 0 Å². The summed E-state index contributed by atoms with van der Waals surface area (Å²) in [6, 6.07) is 7.83. The Labute approximate surface area is 117 Å². The molecule has 1 aromatic rings. The molecular weight excluding hydrogens is 292 g/mol. The summed E-state index contributed by atoms with van der Waals surface area (Å²) in [6.07, 6.45) is 1.33. The van der Waals surface area contributed by atoms with Crippen LogP contribution in [0.2, 0.25) is 0 Å². The highest BCUT2D eigenvalue weighted by molar-refractivity contribution is 9.10. The van der Waals surface area contributed by atoms with E-state index in [2.05, 4.69) is 40.7 Å². The van der Waals surface area contributed by atoms with Gasteiger partial charge in [0.25, 0.3) is 0 Å². The summed E-state index contributed by atoms with van der Waals surface area (Å²) >= 11 is 3.39. The van der Waals surface area contributed by atoms with Gasteiger partial charge in [-0.3, -0.25) is 4.79 Å². The van der Waals surface area contributed by atoms with Crippen LogP contribution in [0.4, 0.5) is 5.69 Å². The first-order chi connectivity index (χ1) is 8.58. The van der Waals surface area contributed by atoms with E-state index in [1.807, 2.05) is 12.1 Å². The molecule has 1 rings (SSSR count). The zero-order chi connectivity index (χ0) is 13.5. The number of hydrogen-bond donors (Lipinski definition) is 0. The molecule has 0 aliphatic rings. The van der Waals surface area contributed by atoms with Gasteiger partial charge in [0.1, 0.15) is 0 Å². The molecule has 0 N–H and O–H groups in total. The minimum absolute atomic E-state index is 0.500. The number of nitrogens with zero attached hydrogens (tertiary/aromatic N) is 2. The molecule has 0 radical (unpaired) electrons. The van der Waals surface area contributed by atoms with Gasteiger partial charge in [-0.2, -0.15) is 5.26 Å². The molecule has 0 aromatic heterocycles. The fraction of sp³-hybridized carbons (Fsp3) is 0.429. The summed E-state index contributed by atoms with van der Waals surface area (Å²) in [4.78, 5) is 12.9. The Morgan fingerprint density at radius 1 is 1.50 bits per heavy atom. The van der Waals surface area contributed by atoms with Crippen LogP contribution in [0.5, 0.6) is 0 Å². The van der Waals surface area contributed by atoms with Crippen molar-refractivity contribution < 1.29 is 4.79 Å². The number of aldehydes is 1. The fourth-order valence-electron chi connectivity index (χ4n) is 1.76. The van der Waals surface area contributed by atoms with Gasteiger partial charge in [-0.15, -0.1) is 0 Å². The average molecular weight is 309 g/mol. The van der Waals surface area contributed by atoms with Crippen LogP contribution in [0, 0.1) is 17.2 Å². The zero-order valence-electron chi connectivity index (χ0n) is 10.7. The maximum Gasteiger partial charge on any atom is 0.151 e. The number of anilines is 1. The summed E-state index contributed by atoms with van der Waals surface area (Å²) in [6.45, 7) is 5.90. The molecule has 0 bridgehead atoms. The van der Waals surface area contributed by atoms with E-state index in [9.17, 15) is 4.79 Å². The van der Waals surface area contributed by atoms with E-state index in [1.165, 1.54) is 0 Å². The molecule has 0 spiro atoms. The van der Waals surface area contributed by atoms with E-state index in [1.54, 1.807) is 6.07 Å². The quantitative estimate of drug-likeness (QED) is 0.754. The molecule has 0 amide bonds. The molecule has 4 heteroatoms. The molecule has 0 saturated heterocycles. The van der Waals surface area contributed by atoms with Crippen LogP contribution in [-0.2, 0) is 0 Å². The summed E-state index contributed by atoms with van der Waals surface area (Å²) < 4.78 is 0.792. The monoisotopic (exact) mass is 308 g/mol. The molecule has 0 heterocycles. The van der Waals surface area contributed by atoms with Crippen molar-refractivity contribution in [1.29, 1.82) is 5.26 Å². The van der Waals surface area contributed by atoms with Crippen molar-refractivity contribution in [2.75, 3.05) is 18.0 Å². The lowest BCUT2D eigenvalue weighted by Crippen LogP contribution is -2.28. The Kier molecular flexibility index (Phi) is 5.87. The van der Waals surface area contributed by atoms with Gasteiger partial charge in [-0.1, -0.05) is 13.8 Å². The van der Waals surface area contributed by atoms with Crippen molar-refractivity contribution in [2.24, 2.45) is 5.92 Å². The third kappa shape index (κ3) is 4.15. The molecular formula is C14H17BrN2O. The first-order valence-corrected chi connectivity index (χ1v) is 6.74. The van der Waals surface area contributed by atoms with Crippen LogP contribution in [0.25, 0.3) is 0 Å². The van der Waals surface area contributed by atoms with E-state index in [-0.39, 0.29) is 0 Å². The highest BCUT2D eigenvalue weighted by Crippen LogP contribution is 2.24.